The molecule has 80 valence electrons. The zero-order valence-electron chi connectivity index (χ0n) is 7.83. The predicted molar refractivity (Wildman–Crippen MR) is 67.2 cm³/mol. The molecule has 0 aliphatic rings. The molecule has 0 amide bonds. The van der Waals surface area contributed by atoms with E-state index in [0.29, 0.717) is 5.76 Å². The van der Waals surface area contributed by atoms with Gasteiger partial charge in [0.15, 0.2) is 5.76 Å². The minimum atomic E-state index is -0.704. The highest BCUT2D eigenvalue weighted by molar-refractivity contribution is 9.11. The molecular formula is C10H8Br2O2S. The Morgan fingerprint density at radius 2 is 2.20 bits per heavy atom. The molecule has 5 heteroatoms. The molecule has 2 nitrogen and oxygen atoms in total. The molecule has 0 aromatic carbocycles. The Kier molecular flexibility index (Phi) is 3.35. The summed E-state index contributed by atoms with van der Waals surface area (Å²) in [6, 6.07) is 3.72. The van der Waals surface area contributed by atoms with Gasteiger partial charge in [0, 0.05) is 4.88 Å². The van der Waals surface area contributed by atoms with Gasteiger partial charge in [0.1, 0.15) is 6.10 Å². The van der Waals surface area contributed by atoms with Gasteiger partial charge in [-0.1, -0.05) is 0 Å². The van der Waals surface area contributed by atoms with Gasteiger partial charge in [0.05, 0.1) is 14.5 Å². The molecule has 1 atom stereocenters. The molecule has 2 rings (SSSR count). The van der Waals surface area contributed by atoms with E-state index in [1.54, 1.807) is 12.3 Å². The second-order valence-electron chi connectivity index (χ2n) is 3.14. The van der Waals surface area contributed by atoms with Crippen molar-refractivity contribution in [2.45, 2.75) is 13.0 Å². The molecule has 0 fully saturated rings. The van der Waals surface area contributed by atoms with Crippen LogP contribution in [0.15, 0.2) is 31.1 Å². The molecule has 0 saturated carbocycles. The maximum atomic E-state index is 10.1. The molecule has 0 bridgehead atoms. The molecule has 15 heavy (non-hydrogen) atoms. The van der Waals surface area contributed by atoms with Crippen LogP contribution in [-0.2, 0) is 0 Å². The number of aliphatic hydroxyl groups excluding tert-OH is 1. The van der Waals surface area contributed by atoms with Gasteiger partial charge < -0.3 is 9.52 Å². The number of thiophene rings is 1. The summed E-state index contributed by atoms with van der Waals surface area (Å²) in [5, 5.41) is 10.1. The van der Waals surface area contributed by atoms with Crippen molar-refractivity contribution in [3.63, 3.8) is 0 Å². The second kappa shape index (κ2) is 4.41. The first kappa shape index (κ1) is 11.4. The van der Waals surface area contributed by atoms with E-state index in [9.17, 15) is 5.11 Å². The zero-order valence-corrected chi connectivity index (χ0v) is 11.8. The fourth-order valence-electron chi connectivity index (χ4n) is 1.25. The number of rotatable bonds is 2. The van der Waals surface area contributed by atoms with Crippen molar-refractivity contribution in [3.05, 3.63) is 42.9 Å². The Hall–Kier alpha value is -0.100. The molecule has 0 spiro atoms. The Morgan fingerprint density at radius 3 is 2.67 bits per heavy atom. The Labute approximate surface area is 108 Å². The van der Waals surface area contributed by atoms with Gasteiger partial charge in [0.25, 0.3) is 0 Å². The number of aryl methyl sites for hydroxylation is 1. The summed E-state index contributed by atoms with van der Waals surface area (Å²) in [5.41, 5.74) is 1.12. The minimum absolute atomic E-state index is 0.545. The Morgan fingerprint density at radius 1 is 1.47 bits per heavy atom. The maximum absolute atomic E-state index is 10.1. The van der Waals surface area contributed by atoms with E-state index < -0.39 is 6.10 Å². The molecule has 1 unspecified atom stereocenters. The Balaban J connectivity index is 2.36. The van der Waals surface area contributed by atoms with Gasteiger partial charge in [-0.15, -0.1) is 11.3 Å². The third kappa shape index (κ3) is 2.20. The quantitative estimate of drug-likeness (QED) is 0.877. The first-order chi connectivity index (χ1) is 7.09. The lowest BCUT2D eigenvalue weighted by Gasteiger charge is -2.04. The average molecular weight is 352 g/mol. The molecule has 0 radical (unpaired) electrons. The minimum Gasteiger partial charge on any atom is -0.465 e. The molecular weight excluding hydrogens is 344 g/mol. The molecule has 2 aromatic heterocycles. The topological polar surface area (TPSA) is 33.4 Å². The monoisotopic (exact) mass is 350 g/mol. The lowest BCUT2D eigenvalue weighted by atomic mass is 10.2. The average Bonchev–Trinajstić information content (AvgIpc) is 2.74. The van der Waals surface area contributed by atoms with Crippen LogP contribution in [0.1, 0.15) is 22.3 Å². The lowest BCUT2D eigenvalue weighted by Crippen LogP contribution is -1.95. The lowest BCUT2D eigenvalue weighted by molar-refractivity contribution is 0.192. The number of hydrogen-bond acceptors (Lipinski definition) is 3. The summed E-state index contributed by atoms with van der Waals surface area (Å²) in [6.07, 6.45) is 0.849. The smallest absolute Gasteiger partial charge is 0.151 e. The third-order valence-corrected chi connectivity index (χ3v) is 4.88. The van der Waals surface area contributed by atoms with Crippen LogP contribution in [0.25, 0.3) is 0 Å². The van der Waals surface area contributed by atoms with E-state index in [4.69, 9.17) is 4.42 Å². The van der Waals surface area contributed by atoms with E-state index >= 15 is 0 Å². The van der Waals surface area contributed by atoms with Gasteiger partial charge in [-0.25, -0.2) is 0 Å². The van der Waals surface area contributed by atoms with Gasteiger partial charge in [-0.05, 0) is 56.5 Å². The van der Waals surface area contributed by atoms with Crippen LogP contribution in [0, 0.1) is 6.92 Å². The highest BCUT2D eigenvalue weighted by Gasteiger charge is 2.19. The molecule has 0 saturated heterocycles. The van der Waals surface area contributed by atoms with E-state index in [2.05, 4.69) is 31.9 Å². The van der Waals surface area contributed by atoms with Crippen molar-refractivity contribution in [1.82, 2.24) is 0 Å². The standard InChI is InChI=1S/C10H8Br2O2S/c1-5-4-7(15-10(5)12)8(13)9-6(11)2-3-14-9/h2-4,8,13H,1H3. The molecule has 1 N–H and O–H groups in total. The summed E-state index contributed by atoms with van der Waals surface area (Å²) in [7, 11) is 0. The summed E-state index contributed by atoms with van der Waals surface area (Å²) in [4.78, 5) is 0.870. The van der Waals surface area contributed by atoms with Gasteiger partial charge in [-0.3, -0.25) is 0 Å². The Bertz CT molecular complexity index is 456. The number of aliphatic hydroxyl groups is 1. The normalized spacial score (nSPS) is 13.1. The number of halogens is 2. The van der Waals surface area contributed by atoms with Crippen LogP contribution in [0.3, 0.4) is 0 Å². The van der Waals surface area contributed by atoms with Gasteiger partial charge >= 0.3 is 0 Å². The summed E-state index contributed by atoms with van der Waals surface area (Å²) in [6.45, 7) is 1.99. The summed E-state index contributed by atoms with van der Waals surface area (Å²) in [5.74, 6) is 0.545. The number of hydrogen-bond donors (Lipinski definition) is 1. The third-order valence-electron chi connectivity index (χ3n) is 2.04. The van der Waals surface area contributed by atoms with Crippen molar-refractivity contribution in [2.75, 3.05) is 0 Å². The highest BCUT2D eigenvalue weighted by atomic mass is 79.9. The molecule has 0 aliphatic heterocycles. The first-order valence-electron chi connectivity index (χ1n) is 4.26. The molecule has 0 aliphatic carbocycles. The largest absolute Gasteiger partial charge is 0.465 e. The van der Waals surface area contributed by atoms with E-state index in [1.165, 1.54) is 11.3 Å². The van der Waals surface area contributed by atoms with Crippen molar-refractivity contribution < 1.29 is 9.52 Å². The SMILES string of the molecule is Cc1cc(C(O)c2occc2Br)sc1Br. The van der Waals surface area contributed by atoms with Gasteiger partial charge in [0.2, 0.25) is 0 Å². The van der Waals surface area contributed by atoms with Crippen LogP contribution in [0.4, 0.5) is 0 Å². The first-order valence-corrected chi connectivity index (χ1v) is 6.66. The van der Waals surface area contributed by atoms with E-state index in [0.717, 1.165) is 18.7 Å². The highest BCUT2D eigenvalue weighted by Crippen LogP contribution is 2.36. The van der Waals surface area contributed by atoms with Crippen LogP contribution < -0.4 is 0 Å². The van der Waals surface area contributed by atoms with Crippen molar-refractivity contribution in [2.24, 2.45) is 0 Å². The van der Waals surface area contributed by atoms with Crippen molar-refractivity contribution >= 4 is 43.2 Å². The molecule has 2 aromatic rings. The zero-order chi connectivity index (χ0) is 11.0. The number of furan rings is 1. The van der Waals surface area contributed by atoms with Crippen LogP contribution in [-0.4, -0.2) is 5.11 Å². The van der Waals surface area contributed by atoms with E-state index in [-0.39, 0.29) is 0 Å². The fourth-order valence-corrected chi connectivity index (χ4v) is 3.22. The predicted octanol–water partition coefficient (Wildman–Crippen LogP) is 4.26. The summed E-state index contributed by atoms with van der Waals surface area (Å²) < 4.78 is 7.05. The maximum Gasteiger partial charge on any atom is 0.151 e. The van der Waals surface area contributed by atoms with E-state index in [1.807, 2.05) is 13.0 Å². The van der Waals surface area contributed by atoms with Gasteiger partial charge in [-0.2, -0.15) is 0 Å². The fraction of sp³-hybridized carbons (Fsp3) is 0.200. The molecule has 2 heterocycles. The van der Waals surface area contributed by atoms with Crippen molar-refractivity contribution in [3.8, 4) is 0 Å². The van der Waals surface area contributed by atoms with Crippen LogP contribution >= 0.6 is 43.2 Å². The van der Waals surface area contributed by atoms with Crippen LogP contribution in [0.2, 0.25) is 0 Å². The van der Waals surface area contributed by atoms with Crippen LogP contribution in [0.5, 0.6) is 0 Å². The van der Waals surface area contributed by atoms with Crippen molar-refractivity contribution in [1.29, 1.82) is 0 Å². The second-order valence-corrected chi connectivity index (χ2v) is 6.40. The summed E-state index contributed by atoms with van der Waals surface area (Å²) >= 11 is 8.28.